The number of benzene rings is 1. The van der Waals surface area contributed by atoms with E-state index < -0.39 is 29.2 Å². The Morgan fingerprint density at radius 1 is 1.15 bits per heavy atom. The normalized spacial score (nSPS) is 11.5. The van der Waals surface area contributed by atoms with Gasteiger partial charge < -0.3 is 19.6 Å². The summed E-state index contributed by atoms with van der Waals surface area (Å²) < 4.78 is 47.3. The van der Waals surface area contributed by atoms with Crippen molar-refractivity contribution in [2.75, 3.05) is 10.6 Å². The van der Waals surface area contributed by atoms with Crippen molar-refractivity contribution in [2.24, 2.45) is 7.05 Å². The fourth-order valence-corrected chi connectivity index (χ4v) is 4.21. The molecule has 0 atom stereocenters. The fraction of sp³-hybridized carbons (Fsp3) is 0.143. The Morgan fingerprint density at radius 2 is 1.91 bits per heavy atom. The smallest absolute Gasteiger partial charge is 0.418 e. The number of halogens is 3. The molecule has 2 amide bonds. The predicted octanol–water partition coefficient (Wildman–Crippen LogP) is 4.42. The van der Waals surface area contributed by atoms with Gasteiger partial charge >= 0.3 is 6.18 Å². The molecule has 0 aliphatic carbocycles. The quantitative estimate of drug-likeness (QED) is 0.454. The van der Waals surface area contributed by atoms with Crippen molar-refractivity contribution < 1.29 is 27.2 Å². The molecule has 3 aromatic heterocycles. The molecule has 0 fully saturated rings. The SMILES string of the molecule is Cc1c(C(=O)Nc2ccc(NC(=O)c3ccco3)cc2C(F)(F)F)sc2ncn(C)c(=O)c12. The molecule has 0 aliphatic heterocycles. The van der Waals surface area contributed by atoms with Crippen molar-refractivity contribution in [3.63, 3.8) is 0 Å². The molecule has 170 valence electrons. The molecule has 2 N–H and O–H groups in total. The predicted molar refractivity (Wildman–Crippen MR) is 116 cm³/mol. The number of hydrogen-bond donors (Lipinski definition) is 2. The Labute approximate surface area is 187 Å². The minimum Gasteiger partial charge on any atom is -0.459 e. The van der Waals surface area contributed by atoms with Gasteiger partial charge in [-0.3, -0.25) is 14.4 Å². The Morgan fingerprint density at radius 3 is 2.58 bits per heavy atom. The van der Waals surface area contributed by atoms with Gasteiger partial charge in [0.1, 0.15) is 4.83 Å². The number of nitrogens with one attached hydrogen (secondary N) is 2. The first kappa shape index (κ1) is 22.3. The lowest BCUT2D eigenvalue weighted by Crippen LogP contribution is -2.18. The van der Waals surface area contributed by atoms with Crippen LogP contribution < -0.4 is 16.2 Å². The summed E-state index contributed by atoms with van der Waals surface area (Å²) >= 11 is 0.912. The van der Waals surface area contributed by atoms with Crippen LogP contribution in [0.3, 0.4) is 0 Å². The summed E-state index contributed by atoms with van der Waals surface area (Å²) in [5, 5.41) is 4.82. The summed E-state index contributed by atoms with van der Waals surface area (Å²) in [5.41, 5.74) is -1.81. The molecule has 3 heterocycles. The van der Waals surface area contributed by atoms with Crippen LogP contribution in [0.5, 0.6) is 0 Å². The van der Waals surface area contributed by atoms with E-state index >= 15 is 0 Å². The lowest BCUT2D eigenvalue weighted by Gasteiger charge is -2.15. The van der Waals surface area contributed by atoms with Gasteiger partial charge in [-0.25, -0.2) is 4.98 Å². The second-order valence-electron chi connectivity index (χ2n) is 7.04. The first-order valence-corrected chi connectivity index (χ1v) is 10.2. The molecule has 8 nitrogen and oxygen atoms in total. The van der Waals surface area contributed by atoms with E-state index in [1.54, 1.807) is 0 Å². The number of carbonyl (C=O) groups excluding carboxylic acids is 2. The second kappa shape index (κ2) is 8.20. The molecule has 0 unspecified atom stereocenters. The number of rotatable bonds is 4. The molecule has 0 saturated carbocycles. The molecule has 4 aromatic rings. The molecule has 12 heteroatoms. The van der Waals surface area contributed by atoms with Gasteiger partial charge in [-0.1, -0.05) is 0 Å². The zero-order chi connectivity index (χ0) is 23.9. The van der Waals surface area contributed by atoms with Gasteiger partial charge in [-0.05, 0) is 42.8 Å². The van der Waals surface area contributed by atoms with Crippen LogP contribution in [0.25, 0.3) is 10.2 Å². The molecule has 1 aromatic carbocycles. The third kappa shape index (κ3) is 4.24. The third-order valence-electron chi connectivity index (χ3n) is 4.79. The van der Waals surface area contributed by atoms with E-state index in [2.05, 4.69) is 15.6 Å². The first-order chi connectivity index (χ1) is 15.6. The number of furan rings is 1. The topological polar surface area (TPSA) is 106 Å². The molecule has 0 spiro atoms. The van der Waals surface area contributed by atoms with Crippen molar-refractivity contribution in [2.45, 2.75) is 13.1 Å². The first-order valence-electron chi connectivity index (χ1n) is 9.38. The number of alkyl halides is 3. The number of fused-ring (bicyclic) bond motifs is 1. The maximum atomic E-state index is 13.7. The highest BCUT2D eigenvalue weighted by Gasteiger charge is 2.35. The Balaban J connectivity index is 1.66. The minimum atomic E-state index is -4.82. The van der Waals surface area contributed by atoms with E-state index in [-0.39, 0.29) is 27.3 Å². The van der Waals surface area contributed by atoms with E-state index in [4.69, 9.17) is 4.42 Å². The average molecular weight is 476 g/mol. The lowest BCUT2D eigenvalue weighted by atomic mass is 10.1. The van der Waals surface area contributed by atoms with Crippen LogP contribution in [-0.2, 0) is 13.2 Å². The summed E-state index contributed by atoms with van der Waals surface area (Å²) in [7, 11) is 1.51. The monoisotopic (exact) mass is 476 g/mol. The van der Waals surface area contributed by atoms with Crippen LogP contribution in [0.15, 0.2) is 52.1 Å². The summed E-state index contributed by atoms with van der Waals surface area (Å²) in [4.78, 5) is 41.7. The number of aromatic nitrogens is 2. The van der Waals surface area contributed by atoms with Crippen LogP contribution in [0, 0.1) is 6.92 Å². The zero-order valence-electron chi connectivity index (χ0n) is 17.1. The molecule has 0 radical (unpaired) electrons. The third-order valence-corrected chi connectivity index (χ3v) is 5.99. The van der Waals surface area contributed by atoms with Gasteiger partial charge in [-0.15, -0.1) is 11.3 Å². The Bertz CT molecular complexity index is 1440. The molecular weight excluding hydrogens is 461 g/mol. The number of thiophene rings is 1. The van der Waals surface area contributed by atoms with E-state index in [9.17, 15) is 27.6 Å². The van der Waals surface area contributed by atoms with Gasteiger partial charge in [0.15, 0.2) is 5.76 Å². The molecule has 0 bridgehead atoms. The zero-order valence-corrected chi connectivity index (χ0v) is 17.9. The highest BCUT2D eigenvalue weighted by molar-refractivity contribution is 7.20. The molecule has 4 rings (SSSR count). The number of amides is 2. The summed E-state index contributed by atoms with van der Waals surface area (Å²) in [6, 6.07) is 5.81. The highest BCUT2D eigenvalue weighted by atomic mass is 32.1. The maximum Gasteiger partial charge on any atom is 0.418 e. The van der Waals surface area contributed by atoms with Crippen molar-refractivity contribution in [3.8, 4) is 0 Å². The molecule has 33 heavy (non-hydrogen) atoms. The highest BCUT2D eigenvalue weighted by Crippen LogP contribution is 2.37. The molecular formula is C21H15F3N4O4S. The van der Waals surface area contributed by atoms with Crippen LogP contribution in [0.1, 0.15) is 31.4 Å². The van der Waals surface area contributed by atoms with Gasteiger partial charge in [0.05, 0.1) is 34.1 Å². The van der Waals surface area contributed by atoms with Crippen molar-refractivity contribution in [1.29, 1.82) is 0 Å². The van der Waals surface area contributed by atoms with Crippen LogP contribution >= 0.6 is 11.3 Å². The summed E-state index contributed by atoms with van der Waals surface area (Å²) in [6.45, 7) is 1.54. The summed E-state index contributed by atoms with van der Waals surface area (Å²) in [5.74, 6) is -1.60. The van der Waals surface area contributed by atoms with Gasteiger partial charge in [-0.2, -0.15) is 13.2 Å². The number of aryl methyl sites for hydroxylation is 2. The van der Waals surface area contributed by atoms with Gasteiger partial charge in [0.2, 0.25) is 0 Å². The second-order valence-corrected chi connectivity index (χ2v) is 8.04. The average Bonchev–Trinajstić information content (AvgIpc) is 3.40. The maximum absolute atomic E-state index is 13.7. The summed E-state index contributed by atoms with van der Waals surface area (Å²) in [6.07, 6.45) is -2.25. The van der Waals surface area contributed by atoms with E-state index in [1.807, 2.05) is 0 Å². The van der Waals surface area contributed by atoms with Gasteiger partial charge in [0, 0.05) is 12.7 Å². The van der Waals surface area contributed by atoms with Gasteiger partial charge in [0.25, 0.3) is 17.4 Å². The van der Waals surface area contributed by atoms with Crippen molar-refractivity contribution in [1.82, 2.24) is 9.55 Å². The Kier molecular flexibility index (Phi) is 5.54. The van der Waals surface area contributed by atoms with Crippen molar-refractivity contribution >= 4 is 44.7 Å². The largest absolute Gasteiger partial charge is 0.459 e. The Hall–Kier alpha value is -3.93. The van der Waals surface area contributed by atoms with Crippen LogP contribution in [-0.4, -0.2) is 21.4 Å². The van der Waals surface area contributed by atoms with Crippen molar-refractivity contribution in [3.05, 3.63) is 75.0 Å². The van der Waals surface area contributed by atoms with E-state index in [1.165, 1.54) is 49.3 Å². The molecule has 0 aliphatic rings. The van der Waals surface area contributed by atoms with E-state index in [0.717, 1.165) is 17.4 Å². The standard InChI is InChI=1S/C21H15F3N4O4S/c1-10-15-19(25-9-28(2)20(15)31)33-16(10)18(30)27-13-6-5-11(8-12(13)21(22,23)24)26-17(29)14-4-3-7-32-14/h3-9H,1-2H3,(H,26,29)(H,27,30). The number of hydrogen-bond acceptors (Lipinski definition) is 6. The minimum absolute atomic E-state index is 0.0686. The van der Waals surface area contributed by atoms with E-state index in [0.29, 0.717) is 16.5 Å². The number of carbonyl (C=O) groups is 2. The number of nitrogens with zero attached hydrogens (tertiary/aromatic N) is 2. The lowest BCUT2D eigenvalue weighted by molar-refractivity contribution is -0.136. The fourth-order valence-electron chi connectivity index (χ4n) is 3.17. The van der Waals surface area contributed by atoms with Crippen LogP contribution in [0.2, 0.25) is 0 Å². The molecule has 0 saturated heterocycles. The van der Waals surface area contributed by atoms with Crippen LogP contribution in [0.4, 0.5) is 24.5 Å². The number of anilines is 2.